The van der Waals surface area contributed by atoms with Gasteiger partial charge in [0, 0.05) is 6.92 Å². The highest BCUT2D eigenvalue weighted by molar-refractivity contribution is 4.67. The van der Waals surface area contributed by atoms with Gasteiger partial charge < -0.3 is 4.74 Å². The lowest BCUT2D eigenvalue weighted by atomic mass is 10.4. The van der Waals surface area contributed by atoms with Crippen molar-refractivity contribution in [3.05, 3.63) is 0 Å². The summed E-state index contributed by atoms with van der Waals surface area (Å²) in [5, 5.41) is 7.98. The van der Waals surface area contributed by atoms with E-state index in [0.717, 1.165) is 6.92 Å². The van der Waals surface area contributed by atoms with Crippen LogP contribution in [0.25, 0.3) is 0 Å². The lowest BCUT2D eigenvalue weighted by molar-refractivity contribution is -0.0611. The molecule has 0 aromatic rings. The second-order valence-corrected chi connectivity index (χ2v) is 2.03. The number of rotatable bonds is 4. The zero-order chi connectivity index (χ0) is 8.04. The van der Waals surface area contributed by atoms with E-state index in [9.17, 15) is 8.78 Å². The lowest BCUT2D eigenvalue weighted by Gasteiger charge is -2.08. The Morgan fingerprint density at radius 2 is 2.20 bits per heavy atom. The molecule has 0 spiro atoms. The van der Waals surface area contributed by atoms with Crippen molar-refractivity contribution < 1.29 is 13.5 Å². The maximum atomic E-state index is 11.9. The van der Waals surface area contributed by atoms with E-state index in [0.29, 0.717) is 0 Å². The first-order valence-electron chi connectivity index (χ1n) is 2.89. The first-order chi connectivity index (χ1) is 4.56. The molecule has 0 atom stereocenters. The van der Waals surface area contributed by atoms with E-state index in [1.54, 1.807) is 6.07 Å². The van der Waals surface area contributed by atoms with Gasteiger partial charge in [-0.2, -0.15) is 5.26 Å². The third kappa shape index (κ3) is 7.31. The summed E-state index contributed by atoms with van der Waals surface area (Å²) in [6, 6.07) is 1.78. The Morgan fingerprint density at radius 3 is 2.60 bits per heavy atom. The smallest absolute Gasteiger partial charge is 0.268 e. The predicted molar refractivity (Wildman–Crippen MR) is 31.7 cm³/mol. The minimum absolute atomic E-state index is 0.0833. The molecular weight excluding hydrogens is 140 g/mol. The molecule has 0 fully saturated rings. The molecule has 0 aliphatic heterocycles. The van der Waals surface area contributed by atoms with Gasteiger partial charge in [0.05, 0.1) is 19.1 Å². The molecule has 0 unspecified atom stereocenters. The Kier molecular flexibility index (Phi) is 3.89. The van der Waals surface area contributed by atoms with Crippen molar-refractivity contribution in [3.63, 3.8) is 0 Å². The van der Waals surface area contributed by atoms with Gasteiger partial charge in [-0.25, -0.2) is 8.78 Å². The van der Waals surface area contributed by atoms with Gasteiger partial charge in [-0.15, -0.1) is 0 Å². The fraction of sp³-hybridized carbons (Fsp3) is 0.833. The number of nitrogens with zero attached hydrogens (tertiary/aromatic N) is 1. The van der Waals surface area contributed by atoms with E-state index in [2.05, 4.69) is 4.74 Å². The quantitative estimate of drug-likeness (QED) is 0.568. The molecule has 10 heavy (non-hydrogen) atoms. The minimum Gasteiger partial charge on any atom is -0.374 e. The summed E-state index contributed by atoms with van der Waals surface area (Å²) in [6.07, 6.45) is 0.163. The van der Waals surface area contributed by atoms with Crippen molar-refractivity contribution in [3.8, 4) is 6.07 Å². The first kappa shape index (κ1) is 9.31. The van der Waals surface area contributed by atoms with Crippen molar-refractivity contribution in [2.24, 2.45) is 0 Å². The molecule has 4 heteroatoms. The van der Waals surface area contributed by atoms with Crippen LogP contribution in [0.15, 0.2) is 0 Å². The third-order valence-electron chi connectivity index (χ3n) is 0.714. The molecule has 0 aliphatic rings. The van der Waals surface area contributed by atoms with Crippen LogP contribution in [0.2, 0.25) is 0 Å². The van der Waals surface area contributed by atoms with Crippen LogP contribution in [0.3, 0.4) is 0 Å². The summed E-state index contributed by atoms with van der Waals surface area (Å²) in [5.74, 6) is -2.78. The zero-order valence-electron chi connectivity index (χ0n) is 5.73. The van der Waals surface area contributed by atoms with Gasteiger partial charge in [-0.1, -0.05) is 0 Å². The normalized spacial score (nSPS) is 11.0. The van der Waals surface area contributed by atoms with Crippen molar-refractivity contribution in [1.82, 2.24) is 0 Å². The van der Waals surface area contributed by atoms with Gasteiger partial charge in [0.1, 0.15) is 6.61 Å². The lowest BCUT2D eigenvalue weighted by Crippen LogP contribution is -2.18. The standard InChI is InChI=1S/C6H9F2NO/c1-6(7,8)5-10-4-2-3-9/h2,4-5H2,1H3. The SMILES string of the molecule is CC(F)(F)COCCC#N. The van der Waals surface area contributed by atoms with Crippen LogP contribution in [-0.2, 0) is 4.74 Å². The zero-order valence-corrected chi connectivity index (χ0v) is 5.73. The van der Waals surface area contributed by atoms with Crippen molar-refractivity contribution in [2.45, 2.75) is 19.3 Å². The second kappa shape index (κ2) is 4.18. The highest BCUT2D eigenvalue weighted by Crippen LogP contribution is 2.10. The van der Waals surface area contributed by atoms with E-state index in [1.807, 2.05) is 0 Å². The average molecular weight is 149 g/mol. The van der Waals surface area contributed by atoms with E-state index >= 15 is 0 Å². The summed E-state index contributed by atoms with van der Waals surface area (Å²) in [4.78, 5) is 0. The molecule has 0 radical (unpaired) electrons. The highest BCUT2D eigenvalue weighted by Gasteiger charge is 2.20. The van der Waals surface area contributed by atoms with Crippen LogP contribution in [0.4, 0.5) is 8.78 Å². The molecule has 0 aliphatic carbocycles. The highest BCUT2D eigenvalue weighted by atomic mass is 19.3. The van der Waals surface area contributed by atoms with Gasteiger partial charge in [-0.05, 0) is 0 Å². The molecule has 0 aromatic heterocycles. The van der Waals surface area contributed by atoms with Crippen molar-refractivity contribution >= 4 is 0 Å². The molecule has 0 N–H and O–H groups in total. The summed E-state index contributed by atoms with van der Waals surface area (Å²) in [7, 11) is 0. The Bertz CT molecular complexity index is 125. The van der Waals surface area contributed by atoms with Crippen LogP contribution in [0, 0.1) is 11.3 Å². The molecule has 0 heterocycles. The molecule has 0 bridgehead atoms. The molecule has 0 amide bonds. The number of ether oxygens (including phenoxy) is 1. The number of nitriles is 1. The van der Waals surface area contributed by atoms with E-state index < -0.39 is 12.5 Å². The average Bonchev–Trinajstić information content (AvgIpc) is 1.78. The van der Waals surface area contributed by atoms with Gasteiger partial charge in [0.2, 0.25) is 0 Å². The van der Waals surface area contributed by atoms with Gasteiger partial charge >= 0.3 is 0 Å². The van der Waals surface area contributed by atoms with Crippen LogP contribution in [0.1, 0.15) is 13.3 Å². The second-order valence-electron chi connectivity index (χ2n) is 2.03. The van der Waals surface area contributed by atoms with Gasteiger partial charge in [-0.3, -0.25) is 0 Å². The number of hydrogen-bond donors (Lipinski definition) is 0. The number of alkyl halides is 2. The molecule has 0 saturated heterocycles. The van der Waals surface area contributed by atoms with Gasteiger partial charge in [0.15, 0.2) is 0 Å². The third-order valence-corrected chi connectivity index (χ3v) is 0.714. The van der Waals surface area contributed by atoms with E-state index in [-0.39, 0.29) is 13.0 Å². The van der Waals surface area contributed by atoms with Crippen molar-refractivity contribution in [1.29, 1.82) is 5.26 Å². The number of halogens is 2. The largest absolute Gasteiger partial charge is 0.374 e. The molecule has 0 saturated carbocycles. The van der Waals surface area contributed by atoms with Crippen molar-refractivity contribution in [2.75, 3.05) is 13.2 Å². The molecule has 0 rings (SSSR count). The fourth-order valence-corrected chi connectivity index (χ4v) is 0.369. The van der Waals surface area contributed by atoms with Crippen LogP contribution < -0.4 is 0 Å². The summed E-state index contributed by atoms with van der Waals surface area (Å²) >= 11 is 0. The Balaban J connectivity index is 3.14. The van der Waals surface area contributed by atoms with Crippen LogP contribution in [-0.4, -0.2) is 19.1 Å². The van der Waals surface area contributed by atoms with Crippen LogP contribution >= 0.6 is 0 Å². The van der Waals surface area contributed by atoms with E-state index in [4.69, 9.17) is 5.26 Å². The maximum absolute atomic E-state index is 11.9. The molecule has 0 aromatic carbocycles. The Hall–Kier alpha value is -0.690. The monoisotopic (exact) mass is 149 g/mol. The topological polar surface area (TPSA) is 33.0 Å². The maximum Gasteiger partial charge on any atom is 0.268 e. The molecule has 2 nitrogen and oxygen atoms in total. The number of hydrogen-bond acceptors (Lipinski definition) is 2. The molecule has 58 valence electrons. The van der Waals surface area contributed by atoms with Crippen LogP contribution in [0.5, 0.6) is 0 Å². The van der Waals surface area contributed by atoms with Gasteiger partial charge in [0.25, 0.3) is 5.92 Å². The van der Waals surface area contributed by atoms with E-state index in [1.165, 1.54) is 0 Å². The Morgan fingerprint density at radius 1 is 1.60 bits per heavy atom. The summed E-state index contributed by atoms with van der Waals surface area (Å²) in [6.45, 7) is 0.258. The predicted octanol–water partition coefficient (Wildman–Crippen LogP) is 1.57. The first-order valence-corrected chi connectivity index (χ1v) is 2.89. The molecular formula is C6H9F2NO. The minimum atomic E-state index is -2.78. The summed E-state index contributed by atoms with van der Waals surface area (Å²) in [5.41, 5.74) is 0. The summed E-state index contributed by atoms with van der Waals surface area (Å²) < 4.78 is 28.3. The fourth-order valence-electron chi connectivity index (χ4n) is 0.369. The Labute approximate surface area is 58.4 Å².